The molecule has 0 aliphatic heterocycles. The molecule has 0 spiro atoms. The fourth-order valence-corrected chi connectivity index (χ4v) is 2.60. The predicted molar refractivity (Wildman–Crippen MR) is 108 cm³/mol. The Labute approximate surface area is 166 Å². The third-order valence-electron chi connectivity index (χ3n) is 3.61. The van der Waals surface area contributed by atoms with Gasteiger partial charge in [0.25, 0.3) is 5.91 Å². The van der Waals surface area contributed by atoms with Crippen molar-refractivity contribution in [2.75, 3.05) is 17.2 Å². The number of rotatable bonds is 8. The lowest BCUT2D eigenvalue weighted by Crippen LogP contribution is -2.20. The van der Waals surface area contributed by atoms with Crippen LogP contribution in [0.15, 0.2) is 46.9 Å². The molecule has 0 atom stereocenters. The van der Waals surface area contributed by atoms with E-state index in [-0.39, 0.29) is 24.2 Å². The SMILES string of the molecule is CCCC(=O)Nc1ccc(OCC(=O)Nc2ccc(Br)cc2)c(C(C)=O)c1. The van der Waals surface area contributed by atoms with E-state index in [0.717, 1.165) is 10.9 Å². The quantitative estimate of drug-likeness (QED) is 0.605. The molecule has 0 saturated carbocycles. The molecule has 2 rings (SSSR count). The van der Waals surface area contributed by atoms with Crippen LogP contribution in [0.25, 0.3) is 0 Å². The number of halogens is 1. The van der Waals surface area contributed by atoms with Gasteiger partial charge in [-0.05, 0) is 55.8 Å². The molecule has 27 heavy (non-hydrogen) atoms. The number of anilines is 2. The molecule has 2 aromatic rings. The average molecular weight is 433 g/mol. The van der Waals surface area contributed by atoms with Gasteiger partial charge in [0.2, 0.25) is 5.91 Å². The molecule has 0 radical (unpaired) electrons. The van der Waals surface area contributed by atoms with E-state index >= 15 is 0 Å². The molecule has 2 N–H and O–H groups in total. The summed E-state index contributed by atoms with van der Waals surface area (Å²) in [6.07, 6.45) is 1.14. The molecule has 0 saturated heterocycles. The Kier molecular flexibility index (Phi) is 7.55. The molecule has 0 fully saturated rings. The van der Waals surface area contributed by atoms with Gasteiger partial charge >= 0.3 is 0 Å². The number of Topliss-reactive ketones (excluding diaryl/α,β-unsaturated/α-hetero) is 1. The molecule has 0 aliphatic rings. The maximum Gasteiger partial charge on any atom is 0.262 e. The third-order valence-corrected chi connectivity index (χ3v) is 4.14. The van der Waals surface area contributed by atoms with Crippen molar-refractivity contribution >= 4 is 44.9 Å². The van der Waals surface area contributed by atoms with Crippen molar-refractivity contribution in [1.29, 1.82) is 0 Å². The van der Waals surface area contributed by atoms with Gasteiger partial charge in [0.05, 0.1) is 5.56 Å². The predicted octanol–water partition coefficient (Wildman–Crippen LogP) is 4.41. The summed E-state index contributed by atoms with van der Waals surface area (Å²) in [6.45, 7) is 3.08. The van der Waals surface area contributed by atoms with Crippen LogP contribution >= 0.6 is 15.9 Å². The highest BCUT2D eigenvalue weighted by atomic mass is 79.9. The van der Waals surface area contributed by atoms with Gasteiger partial charge in [-0.15, -0.1) is 0 Å². The fraction of sp³-hybridized carbons (Fsp3) is 0.250. The molecule has 0 heterocycles. The van der Waals surface area contributed by atoms with Gasteiger partial charge in [0.15, 0.2) is 12.4 Å². The van der Waals surface area contributed by atoms with Gasteiger partial charge in [-0.25, -0.2) is 0 Å². The van der Waals surface area contributed by atoms with Crippen LogP contribution in [0.5, 0.6) is 5.75 Å². The maximum absolute atomic E-state index is 12.0. The largest absolute Gasteiger partial charge is 0.483 e. The first-order chi connectivity index (χ1) is 12.9. The highest BCUT2D eigenvalue weighted by molar-refractivity contribution is 9.10. The summed E-state index contributed by atoms with van der Waals surface area (Å²) >= 11 is 3.33. The molecule has 142 valence electrons. The molecule has 0 aromatic heterocycles. The second kappa shape index (κ2) is 9.87. The Hall–Kier alpha value is -2.67. The zero-order chi connectivity index (χ0) is 19.8. The first-order valence-corrected chi connectivity index (χ1v) is 9.31. The maximum atomic E-state index is 12.0. The summed E-state index contributed by atoms with van der Waals surface area (Å²) in [5, 5.41) is 5.45. The number of hydrogen-bond acceptors (Lipinski definition) is 4. The van der Waals surface area contributed by atoms with Crippen LogP contribution in [0.4, 0.5) is 11.4 Å². The Morgan fingerprint density at radius 3 is 2.22 bits per heavy atom. The Bertz CT molecular complexity index is 834. The first-order valence-electron chi connectivity index (χ1n) is 8.52. The molecule has 6 nitrogen and oxygen atoms in total. The van der Waals surface area contributed by atoms with Gasteiger partial charge < -0.3 is 15.4 Å². The molecule has 0 unspecified atom stereocenters. The molecule has 0 bridgehead atoms. The standard InChI is InChI=1S/C20H21BrN2O4/c1-3-4-19(25)23-16-9-10-18(17(11-16)13(2)24)27-12-20(26)22-15-7-5-14(21)6-8-15/h5-11H,3-4,12H2,1-2H3,(H,22,26)(H,23,25). The number of nitrogens with one attached hydrogen (secondary N) is 2. The van der Waals surface area contributed by atoms with Crippen molar-refractivity contribution in [1.82, 2.24) is 0 Å². The van der Waals surface area contributed by atoms with Crippen LogP contribution in [-0.4, -0.2) is 24.2 Å². The van der Waals surface area contributed by atoms with Crippen LogP contribution in [0.1, 0.15) is 37.0 Å². The summed E-state index contributed by atoms with van der Waals surface area (Å²) < 4.78 is 6.42. The van der Waals surface area contributed by atoms with Crippen molar-refractivity contribution in [3.8, 4) is 5.75 Å². The zero-order valence-electron chi connectivity index (χ0n) is 15.2. The number of carbonyl (C=O) groups excluding carboxylic acids is 3. The summed E-state index contributed by atoms with van der Waals surface area (Å²) in [7, 11) is 0. The van der Waals surface area contributed by atoms with Crippen molar-refractivity contribution in [3.05, 3.63) is 52.5 Å². The monoisotopic (exact) mass is 432 g/mol. The summed E-state index contributed by atoms with van der Waals surface area (Å²) in [5.41, 5.74) is 1.47. The second-order valence-corrected chi connectivity index (χ2v) is 6.82. The fourth-order valence-electron chi connectivity index (χ4n) is 2.33. The van der Waals surface area contributed by atoms with Crippen LogP contribution in [-0.2, 0) is 9.59 Å². The first kappa shape index (κ1) is 20.6. The van der Waals surface area contributed by atoms with E-state index in [0.29, 0.717) is 29.1 Å². The average Bonchev–Trinajstić information content (AvgIpc) is 2.62. The van der Waals surface area contributed by atoms with Crippen LogP contribution in [0.3, 0.4) is 0 Å². The summed E-state index contributed by atoms with van der Waals surface area (Å²) in [6, 6.07) is 11.9. The lowest BCUT2D eigenvalue weighted by atomic mass is 10.1. The molecule has 2 aromatic carbocycles. The number of amides is 2. The summed E-state index contributed by atoms with van der Waals surface area (Å²) in [4.78, 5) is 35.7. The van der Waals surface area contributed by atoms with Gasteiger partial charge in [0, 0.05) is 22.3 Å². The highest BCUT2D eigenvalue weighted by Crippen LogP contribution is 2.24. The molecular weight excluding hydrogens is 412 g/mol. The zero-order valence-corrected chi connectivity index (χ0v) is 16.8. The molecule has 7 heteroatoms. The molecular formula is C20H21BrN2O4. The Morgan fingerprint density at radius 2 is 1.59 bits per heavy atom. The third kappa shape index (κ3) is 6.53. The lowest BCUT2D eigenvalue weighted by molar-refractivity contribution is -0.118. The molecule has 2 amide bonds. The van der Waals surface area contributed by atoms with Gasteiger partial charge in [-0.2, -0.15) is 0 Å². The van der Waals surface area contributed by atoms with Crippen LogP contribution in [0, 0.1) is 0 Å². The van der Waals surface area contributed by atoms with Crippen LogP contribution < -0.4 is 15.4 Å². The Morgan fingerprint density at radius 1 is 0.963 bits per heavy atom. The number of carbonyl (C=O) groups is 3. The van der Waals surface area contributed by atoms with E-state index in [4.69, 9.17) is 4.74 Å². The van der Waals surface area contributed by atoms with E-state index in [1.165, 1.54) is 6.92 Å². The van der Waals surface area contributed by atoms with E-state index < -0.39 is 0 Å². The number of benzene rings is 2. The normalized spacial score (nSPS) is 10.2. The number of ketones is 1. The van der Waals surface area contributed by atoms with Gasteiger partial charge in [0.1, 0.15) is 5.75 Å². The van der Waals surface area contributed by atoms with E-state index in [9.17, 15) is 14.4 Å². The van der Waals surface area contributed by atoms with Gasteiger partial charge in [-0.3, -0.25) is 14.4 Å². The van der Waals surface area contributed by atoms with E-state index in [2.05, 4.69) is 26.6 Å². The smallest absolute Gasteiger partial charge is 0.262 e. The lowest BCUT2D eigenvalue weighted by Gasteiger charge is -2.12. The van der Waals surface area contributed by atoms with Gasteiger partial charge in [-0.1, -0.05) is 22.9 Å². The minimum Gasteiger partial charge on any atom is -0.483 e. The minimum absolute atomic E-state index is 0.116. The Balaban J connectivity index is 2.02. The topological polar surface area (TPSA) is 84.5 Å². The van der Waals surface area contributed by atoms with Crippen molar-refractivity contribution in [3.63, 3.8) is 0 Å². The van der Waals surface area contributed by atoms with E-state index in [1.54, 1.807) is 30.3 Å². The summed E-state index contributed by atoms with van der Waals surface area (Å²) in [5.74, 6) is -0.381. The van der Waals surface area contributed by atoms with Crippen molar-refractivity contribution in [2.24, 2.45) is 0 Å². The minimum atomic E-state index is -0.341. The second-order valence-electron chi connectivity index (χ2n) is 5.91. The molecule has 0 aliphatic carbocycles. The van der Waals surface area contributed by atoms with Crippen LogP contribution in [0.2, 0.25) is 0 Å². The number of ether oxygens (including phenoxy) is 1. The van der Waals surface area contributed by atoms with E-state index in [1.807, 2.05) is 19.1 Å². The highest BCUT2D eigenvalue weighted by Gasteiger charge is 2.13. The van der Waals surface area contributed by atoms with Crippen molar-refractivity contribution < 1.29 is 19.1 Å². The van der Waals surface area contributed by atoms with Crippen molar-refractivity contribution in [2.45, 2.75) is 26.7 Å². The number of hydrogen-bond donors (Lipinski definition) is 2.